The molecule has 0 bridgehead atoms. The summed E-state index contributed by atoms with van der Waals surface area (Å²) in [5.74, 6) is -1.40. The molecule has 134 valence electrons. The molecule has 0 radical (unpaired) electrons. The molecule has 5 heteroatoms. The fourth-order valence-electron chi connectivity index (χ4n) is 2.69. The number of carbonyl (C=O) groups is 2. The van der Waals surface area contributed by atoms with Crippen LogP contribution in [0, 0.1) is 5.92 Å². The van der Waals surface area contributed by atoms with Crippen molar-refractivity contribution in [3.05, 3.63) is 35.5 Å². The number of carboxylic acid groups (broad SMARTS) is 1. The molecule has 0 aromatic rings. The highest BCUT2D eigenvalue weighted by atomic mass is 16.6. The Morgan fingerprint density at radius 2 is 2.08 bits per heavy atom. The van der Waals surface area contributed by atoms with Gasteiger partial charge in [0.2, 0.25) is 0 Å². The van der Waals surface area contributed by atoms with Gasteiger partial charge in [-0.2, -0.15) is 0 Å². The van der Waals surface area contributed by atoms with Crippen molar-refractivity contribution in [3.8, 4) is 0 Å². The Balaban J connectivity index is 2.61. The SMILES string of the molecule is CCCCCCC(C)/C=C(\C)[C@H](O)[C@H]1C=C(/C=C/C(=O)O)C(=O)O1. The van der Waals surface area contributed by atoms with E-state index < -0.39 is 24.1 Å². The highest BCUT2D eigenvalue weighted by Crippen LogP contribution is 2.23. The number of rotatable bonds is 10. The van der Waals surface area contributed by atoms with E-state index >= 15 is 0 Å². The Morgan fingerprint density at radius 3 is 2.71 bits per heavy atom. The fraction of sp³-hybridized carbons (Fsp3) is 0.579. The van der Waals surface area contributed by atoms with E-state index in [9.17, 15) is 14.7 Å². The molecule has 0 amide bonds. The second kappa shape index (κ2) is 10.1. The van der Waals surface area contributed by atoms with Crippen molar-refractivity contribution in [2.24, 2.45) is 5.92 Å². The number of hydrogen-bond donors (Lipinski definition) is 2. The van der Waals surface area contributed by atoms with E-state index in [4.69, 9.17) is 9.84 Å². The summed E-state index contributed by atoms with van der Waals surface area (Å²) in [6.07, 6.45) is 9.77. The number of aliphatic carboxylic acids is 1. The zero-order valence-electron chi connectivity index (χ0n) is 14.7. The molecular weight excluding hydrogens is 308 g/mol. The Kier molecular flexibility index (Phi) is 8.47. The number of aliphatic hydroxyl groups excluding tert-OH is 1. The summed E-state index contributed by atoms with van der Waals surface area (Å²) < 4.78 is 5.12. The van der Waals surface area contributed by atoms with Gasteiger partial charge in [0.25, 0.3) is 0 Å². The third kappa shape index (κ3) is 6.71. The lowest BCUT2D eigenvalue weighted by Crippen LogP contribution is -2.27. The van der Waals surface area contributed by atoms with Crippen molar-refractivity contribution >= 4 is 11.9 Å². The van der Waals surface area contributed by atoms with E-state index in [0.717, 1.165) is 24.5 Å². The van der Waals surface area contributed by atoms with Crippen molar-refractivity contribution < 1.29 is 24.5 Å². The molecule has 0 saturated carbocycles. The van der Waals surface area contributed by atoms with Crippen LogP contribution in [0.4, 0.5) is 0 Å². The van der Waals surface area contributed by atoms with Gasteiger partial charge in [0.1, 0.15) is 6.10 Å². The zero-order chi connectivity index (χ0) is 18.1. The highest BCUT2D eigenvalue weighted by Gasteiger charge is 2.30. The van der Waals surface area contributed by atoms with Crippen LogP contribution >= 0.6 is 0 Å². The monoisotopic (exact) mass is 336 g/mol. The number of esters is 1. The maximum Gasteiger partial charge on any atom is 0.338 e. The summed E-state index contributed by atoms with van der Waals surface area (Å²) in [5, 5.41) is 19.0. The standard InChI is InChI=1S/C19H28O5/c1-4-5-6-7-8-13(2)11-14(3)18(22)16-12-15(19(23)24-16)9-10-17(20)21/h9-13,16,18,22H,4-8H2,1-3H3,(H,20,21)/b10-9+,14-11+/t13?,16-,18+/m1/s1. The first kappa shape index (κ1) is 20.2. The minimum Gasteiger partial charge on any atom is -0.478 e. The Morgan fingerprint density at radius 1 is 1.38 bits per heavy atom. The molecule has 0 aromatic heterocycles. The van der Waals surface area contributed by atoms with Gasteiger partial charge in [-0.1, -0.05) is 45.6 Å². The van der Waals surface area contributed by atoms with Gasteiger partial charge in [-0.25, -0.2) is 9.59 Å². The van der Waals surface area contributed by atoms with Gasteiger partial charge in [0.05, 0.1) is 5.57 Å². The molecule has 0 fully saturated rings. The van der Waals surface area contributed by atoms with Crippen LogP contribution < -0.4 is 0 Å². The maximum absolute atomic E-state index is 11.7. The summed E-state index contributed by atoms with van der Waals surface area (Å²) in [4.78, 5) is 22.2. The van der Waals surface area contributed by atoms with E-state index in [1.165, 1.54) is 31.4 Å². The van der Waals surface area contributed by atoms with E-state index in [-0.39, 0.29) is 5.57 Å². The van der Waals surface area contributed by atoms with E-state index in [1.807, 2.05) is 13.0 Å². The van der Waals surface area contributed by atoms with Gasteiger partial charge >= 0.3 is 11.9 Å². The van der Waals surface area contributed by atoms with Crippen LogP contribution in [-0.4, -0.2) is 34.4 Å². The zero-order valence-corrected chi connectivity index (χ0v) is 14.7. The van der Waals surface area contributed by atoms with Crippen LogP contribution in [0.3, 0.4) is 0 Å². The molecule has 0 saturated heterocycles. The first-order valence-electron chi connectivity index (χ1n) is 8.55. The number of unbranched alkanes of at least 4 members (excludes halogenated alkanes) is 3. The molecule has 24 heavy (non-hydrogen) atoms. The normalized spacial score (nSPS) is 20.8. The van der Waals surface area contributed by atoms with Crippen LogP contribution in [0.1, 0.15) is 52.9 Å². The van der Waals surface area contributed by atoms with Crippen molar-refractivity contribution in [2.75, 3.05) is 0 Å². The van der Waals surface area contributed by atoms with Gasteiger partial charge in [-0.15, -0.1) is 0 Å². The molecular formula is C19H28O5. The predicted octanol–water partition coefficient (Wildman–Crippen LogP) is 3.39. The lowest BCUT2D eigenvalue weighted by molar-refractivity contribution is -0.142. The highest BCUT2D eigenvalue weighted by molar-refractivity contribution is 5.95. The summed E-state index contributed by atoms with van der Waals surface area (Å²) in [6, 6.07) is 0. The average molecular weight is 336 g/mol. The number of carbonyl (C=O) groups excluding carboxylic acids is 1. The maximum atomic E-state index is 11.7. The van der Waals surface area contributed by atoms with Gasteiger partial charge in [0.15, 0.2) is 6.10 Å². The number of allylic oxidation sites excluding steroid dienone is 1. The Bertz CT molecular complexity index is 530. The second-order valence-corrected chi connectivity index (χ2v) is 6.35. The van der Waals surface area contributed by atoms with Crippen LogP contribution in [0.25, 0.3) is 0 Å². The van der Waals surface area contributed by atoms with Crippen molar-refractivity contribution in [1.82, 2.24) is 0 Å². The number of cyclic esters (lactones) is 1. The number of ether oxygens (including phenoxy) is 1. The smallest absolute Gasteiger partial charge is 0.338 e. The van der Waals surface area contributed by atoms with Gasteiger partial charge in [-0.3, -0.25) is 0 Å². The summed E-state index contributed by atoms with van der Waals surface area (Å²) in [7, 11) is 0. The minimum atomic E-state index is -1.14. The molecule has 2 N–H and O–H groups in total. The summed E-state index contributed by atoms with van der Waals surface area (Å²) in [6.45, 7) is 6.11. The van der Waals surface area contributed by atoms with E-state index in [0.29, 0.717) is 5.92 Å². The first-order chi connectivity index (χ1) is 11.3. The van der Waals surface area contributed by atoms with Crippen molar-refractivity contribution in [2.45, 2.75) is 65.1 Å². The van der Waals surface area contributed by atoms with Crippen LogP contribution in [0.15, 0.2) is 35.5 Å². The Hall–Kier alpha value is -1.88. The van der Waals surface area contributed by atoms with Crippen molar-refractivity contribution in [3.63, 3.8) is 0 Å². The predicted molar refractivity (Wildman–Crippen MR) is 92.4 cm³/mol. The average Bonchev–Trinajstić information content (AvgIpc) is 2.89. The quantitative estimate of drug-likeness (QED) is 0.276. The van der Waals surface area contributed by atoms with E-state index in [2.05, 4.69) is 13.8 Å². The number of aliphatic hydroxyl groups is 1. The number of carboxylic acids is 1. The van der Waals surface area contributed by atoms with Crippen molar-refractivity contribution in [1.29, 1.82) is 0 Å². The number of hydrogen-bond acceptors (Lipinski definition) is 4. The largest absolute Gasteiger partial charge is 0.478 e. The molecule has 0 aliphatic carbocycles. The first-order valence-corrected chi connectivity index (χ1v) is 8.55. The molecule has 1 rings (SSSR count). The topological polar surface area (TPSA) is 83.8 Å². The lowest BCUT2D eigenvalue weighted by atomic mass is 9.96. The van der Waals surface area contributed by atoms with Crippen LogP contribution in [0.5, 0.6) is 0 Å². The minimum absolute atomic E-state index is 0.155. The fourth-order valence-corrected chi connectivity index (χ4v) is 2.69. The second-order valence-electron chi connectivity index (χ2n) is 6.35. The molecule has 1 aliphatic heterocycles. The molecule has 1 unspecified atom stereocenters. The Labute approximate surface area is 143 Å². The van der Waals surface area contributed by atoms with Gasteiger partial charge in [0, 0.05) is 6.08 Å². The third-order valence-electron chi connectivity index (χ3n) is 4.07. The van der Waals surface area contributed by atoms with E-state index in [1.54, 1.807) is 0 Å². The van der Waals surface area contributed by atoms with Crippen LogP contribution in [-0.2, 0) is 14.3 Å². The van der Waals surface area contributed by atoms with Gasteiger partial charge < -0.3 is 14.9 Å². The molecule has 3 atom stereocenters. The van der Waals surface area contributed by atoms with Gasteiger partial charge in [-0.05, 0) is 37.0 Å². The molecule has 1 aliphatic rings. The third-order valence-corrected chi connectivity index (χ3v) is 4.07. The molecule has 0 spiro atoms. The molecule has 1 heterocycles. The lowest BCUT2D eigenvalue weighted by Gasteiger charge is -2.18. The summed E-state index contributed by atoms with van der Waals surface area (Å²) >= 11 is 0. The summed E-state index contributed by atoms with van der Waals surface area (Å²) in [5.41, 5.74) is 0.914. The molecule has 5 nitrogen and oxygen atoms in total. The van der Waals surface area contributed by atoms with Crippen LogP contribution in [0.2, 0.25) is 0 Å². The molecule has 0 aromatic carbocycles.